The van der Waals surface area contributed by atoms with Gasteiger partial charge in [0.1, 0.15) is 0 Å². The fourth-order valence-corrected chi connectivity index (χ4v) is 4.48. The van der Waals surface area contributed by atoms with Crippen molar-refractivity contribution in [3.8, 4) is 0 Å². The van der Waals surface area contributed by atoms with E-state index >= 15 is 0 Å². The number of rotatable bonds is 4. The van der Waals surface area contributed by atoms with Gasteiger partial charge in [0.05, 0.1) is 0 Å². The summed E-state index contributed by atoms with van der Waals surface area (Å²) in [5.74, 6) is 0.962. The summed E-state index contributed by atoms with van der Waals surface area (Å²) in [6.45, 7) is 12.1. The number of hydrogen-bond acceptors (Lipinski definition) is 1. The molecule has 0 aliphatic heterocycles. The van der Waals surface area contributed by atoms with Crippen molar-refractivity contribution < 1.29 is 0 Å². The lowest BCUT2D eigenvalue weighted by atomic mass is 9.68. The lowest BCUT2D eigenvalue weighted by Crippen LogP contribution is -2.53. The molecule has 16 heavy (non-hydrogen) atoms. The van der Waals surface area contributed by atoms with Crippen LogP contribution in [-0.2, 0) is 0 Å². The minimum absolute atomic E-state index is 0.510. The Morgan fingerprint density at radius 1 is 1.19 bits per heavy atom. The van der Waals surface area contributed by atoms with Crippen LogP contribution in [0.2, 0.25) is 0 Å². The van der Waals surface area contributed by atoms with E-state index in [1.807, 2.05) is 0 Å². The van der Waals surface area contributed by atoms with E-state index < -0.39 is 0 Å². The van der Waals surface area contributed by atoms with Crippen LogP contribution in [-0.4, -0.2) is 12.1 Å². The molecule has 0 heterocycles. The van der Waals surface area contributed by atoms with Gasteiger partial charge in [0.2, 0.25) is 0 Å². The van der Waals surface area contributed by atoms with E-state index in [9.17, 15) is 0 Å². The van der Waals surface area contributed by atoms with Gasteiger partial charge in [-0.15, -0.1) is 0 Å². The second-order valence-corrected chi connectivity index (χ2v) is 7.03. The number of hydrogen-bond donors (Lipinski definition) is 1. The molecule has 2 aliphatic rings. The van der Waals surface area contributed by atoms with E-state index in [1.54, 1.807) is 0 Å². The molecule has 2 aliphatic carbocycles. The fourth-order valence-electron chi connectivity index (χ4n) is 4.48. The summed E-state index contributed by atoms with van der Waals surface area (Å²) >= 11 is 0. The summed E-state index contributed by atoms with van der Waals surface area (Å²) in [5.41, 5.74) is 1.09. The Kier molecular flexibility index (Phi) is 3.11. The van der Waals surface area contributed by atoms with Crippen molar-refractivity contribution >= 4 is 0 Å². The van der Waals surface area contributed by atoms with Gasteiger partial charge in [-0.1, -0.05) is 34.6 Å². The van der Waals surface area contributed by atoms with E-state index in [0.29, 0.717) is 10.8 Å². The second-order valence-electron chi connectivity index (χ2n) is 7.03. The van der Waals surface area contributed by atoms with Gasteiger partial charge in [-0.2, -0.15) is 0 Å². The van der Waals surface area contributed by atoms with Gasteiger partial charge in [0.25, 0.3) is 0 Å². The fraction of sp³-hybridized carbons (Fsp3) is 1.00. The molecule has 2 bridgehead atoms. The molecule has 0 aromatic rings. The van der Waals surface area contributed by atoms with Crippen LogP contribution in [0.1, 0.15) is 66.7 Å². The summed E-state index contributed by atoms with van der Waals surface area (Å²) < 4.78 is 0. The van der Waals surface area contributed by atoms with E-state index in [-0.39, 0.29) is 0 Å². The van der Waals surface area contributed by atoms with Gasteiger partial charge in [-0.05, 0) is 48.9 Å². The highest BCUT2D eigenvalue weighted by atomic mass is 15.0. The molecule has 0 aromatic heterocycles. The van der Waals surface area contributed by atoms with Gasteiger partial charge in [-0.3, -0.25) is 0 Å². The van der Waals surface area contributed by atoms with Crippen LogP contribution >= 0.6 is 0 Å². The first-order valence-corrected chi connectivity index (χ1v) is 7.20. The maximum Gasteiger partial charge on any atom is 0.0177 e. The SMILES string of the molecule is CCC(CC)NC1C(C)(C)[C@H]2CC[C@]1(C)C2. The average Bonchev–Trinajstić information content (AvgIpc) is 2.69. The zero-order valence-electron chi connectivity index (χ0n) is 11.8. The lowest BCUT2D eigenvalue weighted by molar-refractivity contribution is 0.0970. The molecule has 1 nitrogen and oxygen atoms in total. The predicted molar refractivity (Wildman–Crippen MR) is 70.5 cm³/mol. The van der Waals surface area contributed by atoms with Crippen LogP contribution in [0.4, 0.5) is 0 Å². The lowest BCUT2D eigenvalue weighted by Gasteiger charge is -2.45. The largest absolute Gasteiger partial charge is 0.310 e. The van der Waals surface area contributed by atoms with Gasteiger partial charge in [-0.25, -0.2) is 0 Å². The normalized spacial score (nSPS) is 40.9. The van der Waals surface area contributed by atoms with E-state index in [1.165, 1.54) is 32.1 Å². The minimum Gasteiger partial charge on any atom is -0.310 e. The molecule has 94 valence electrons. The van der Waals surface area contributed by atoms with Gasteiger partial charge >= 0.3 is 0 Å². The molecule has 0 radical (unpaired) electrons. The molecule has 3 atom stereocenters. The van der Waals surface area contributed by atoms with Crippen LogP contribution in [0, 0.1) is 16.7 Å². The molecule has 0 aromatic carbocycles. The number of fused-ring (bicyclic) bond motifs is 2. The van der Waals surface area contributed by atoms with Crippen molar-refractivity contribution in [2.45, 2.75) is 78.8 Å². The monoisotopic (exact) mass is 223 g/mol. The topological polar surface area (TPSA) is 12.0 Å². The van der Waals surface area contributed by atoms with Gasteiger partial charge < -0.3 is 5.32 Å². The molecule has 1 unspecified atom stereocenters. The Morgan fingerprint density at radius 3 is 2.25 bits per heavy atom. The molecule has 2 saturated carbocycles. The molecule has 0 spiro atoms. The quantitative estimate of drug-likeness (QED) is 0.760. The molecular formula is C15H29N. The third-order valence-corrected chi connectivity index (χ3v) is 5.66. The van der Waals surface area contributed by atoms with E-state index in [2.05, 4.69) is 39.9 Å². The first-order chi connectivity index (χ1) is 7.44. The van der Waals surface area contributed by atoms with Crippen molar-refractivity contribution in [2.24, 2.45) is 16.7 Å². The molecule has 1 heteroatoms. The van der Waals surface area contributed by atoms with Crippen molar-refractivity contribution in [1.29, 1.82) is 0 Å². The smallest absolute Gasteiger partial charge is 0.0177 e. The Balaban J connectivity index is 2.13. The predicted octanol–water partition coefficient (Wildman–Crippen LogP) is 3.98. The Morgan fingerprint density at radius 2 is 1.81 bits per heavy atom. The summed E-state index contributed by atoms with van der Waals surface area (Å²) in [6.07, 6.45) is 6.90. The first kappa shape index (κ1) is 12.4. The maximum atomic E-state index is 3.98. The first-order valence-electron chi connectivity index (χ1n) is 7.20. The molecular weight excluding hydrogens is 194 g/mol. The van der Waals surface area contributed by atoms with Crippen molar-refractivity contribution in [3.05, 3.63) is 0 Å². The Hall–Kier alpha value is -0.0400. The molecule has 2 rings (SSSR count). The highest BCUT2D eigenvalue weighted by Gasteiger charge is 2.59. The second kappa shape index (κ2) is 4.01. The Labute approximate surface area is 101 Å². The average molecular weight is 223 g/mol. The summed E-state index contributed by atoms with van der Waals surface area (Å²) in [5, 5.41) is 3.98. The Bertz CT molecular complexity index is 249. The molecule has 2 fully saturated rings. The summed E-state index contributed by atoms with van der Waals surface area (Å²) in [4.78, 5) is 0. The van der Waals surface area contributed by atoms with Crippen LogP contribution in [0.25, 0.3) is 0 Å². The van der Waals surface area contributed by atoms with Crippen molar-refractivity contribution in [2.75, 3.05) is 0 Å². The van der Waals surface area contributed by atoms with Crippen LogP contribution in [0.15, 0.2) is 0 Å². The van der Waals surface area contributed by atoms with Gasteiger partial charge in [0, 0.05) is 12.1 Å². The zero-order valence-corrected chi connectivity index (χ0v) is 11.8. The minimum atomic E-state index is 0.510. The van der Waals surface area contributed by atoms with Crippen LogP contribution in [0.5, 0.6) is 0 Å². The van der Waals surface area contributed by atoms with Crippen molar-refractivity contribution in [3.63, 3.8) is 0 Å². The maximum absolute atomic E-state index is 3.98. The zero-order chi connectivity index (χ0) is 12.0. The summed E-state index contributed by atoms with van der Waals surface area (Å²) in [6, 6.07) is 1.46. The molecule has 1 N–H and O–H groups in total. The van der Waals surface area contributed by atoms with Crippen LogP contribution in [0.3, 0.4) is 0 Å². The summed E-state index contributed by atoms with van der Waals surface area (Å²) in [7, 11) is 0. The van der Waals surface area contributed by atoms with Gasteiger partial charge in [0.15, 0.2) is 0 Å². The van der Waals surface area contributed by atoms with E-state index in [4.69, 9.17) is 0 Å². The van der Waals surface area contributed by atoms with Crippen LogP contribution < -0.4 is 5.32 Å². The van der Waals surface area contributed by atoms with Crippen molar-refractivity contribution in [1.82, 2.24) is 5.32 Å². The number of nitrogens with one attached hydrogen (secondary N) is 1. The standard InChI is InChI=1S/C15H29N/c1-6-12(7-2)16-13-14(3,4)11-8-9-15(13,5)10-11/h11-13,16H,6-10H2,1-5H3/t11-,13?,15+/m0/s1. The van der Waals surface area contributed by atoms with E-state index in [0.717, 1.165) is 18.0 Å². The molecule has 0 amide bonds. The third kappa shape index (κ3) is 1.72. The third-order valence-electron chi connectivity index (χ3n) is 5.66. The highest BCUT2D eigenvalue weighted by molar-refractivity contribution is 5.12. The highest BCUT2D eigenvalue weighted by Crippen LogP contribution is 2.62. The molecule has 0 saturated heterocycles.